The van der Waals surface area contributed by atoms with Gasteiger partial charge in [-0.1, -0.05) is 29.8 Å². The van der Waals surface area contributed by atoms with Crippen molar-refractivity contribution in [1.29, 1.82) is 0 Å². The van der Waals surface area contributed by atoms with Crippen LogP contribution in [0, 0.1) is 20.8 Å². The molecule has 0 amide bonds. The zero-order valence-electron chi connectivity index (χ0n) is 15.5. The van der Waals surface area contributed by atoms with Crippen LogP contribution in [0.1, 0.15) is 34.2 Å². The van der Waals surface area contributed by atoms with Gasteiger partial charge in [-0.05, 0) is 55.2 Å². The van der Waals surface area contributed by atoms with Crippen LogP contribution in [0.2, 0.25) is 0 Å². The van der Waals surface area contributed by atoms with Gasteiger partial charge in [-0.25, -0.2) is 0 Å². The lowest BCUT2D eigenvalue weighted by Gasteiger charge is -2.24. The average molecular weight is 341 g/mol. The molecule has 0 aromatic heterocycles. The van der Waals surface area contributed by atoms with Crippen LogP contribution in [0.15, 0.2) is 36.4 Å². The number of aryl methyl sites for hydroxylation is 3. The van der Waals surface area contributed by atoms with E-state index in [1.165, 1.54) is 22.3 Å². The zero-order chi connectivity index (χ0) is 18.4. The maximum atomic E-state index is 11.0. The van der Waals surface area contributed by atoms with Gasteiger partial charge in [0.05, 0.1) is 13.5 Å². The van der Waals surface area contributed by atoms with Crippen molar-refractivity contribution in [1.82, 2.24) is 4.90 Å². The monoisotopic (exact) mass is 341 g/mol. The molecule has 0 aliphatic carbocycles. The molecule has 0 atom stereocenters. The van der Waals surface area contributed by atoms with Crippen molar-refractivity contribution < 1.29 is 14.6 Å². The summed E-state index contributed by atoms with van der Waals surface area (Å²) in [5.41, 5.74) is 6.15. The number of hydrogen-bond donors (Lipinski definition) is 1. The molecular weight excluding hydrogens is 314 g/mol. The first kappa shape index (κ1) is 19.0. The number of hydrogen-bond acceptors (Lipinski definition) is 3. The Bertz CT molecular complexity index is 717. The number of rotatable bonds is 8. The van der Waals surface area contributed by atoms with Crippen molar-refractivity contribution in [3.63, 3.8) is 0 Å². The molecular formula is C21H27NO3. The van der Waals surface area contributed by atoms with Gasteiger partial charge in [0.1, 0.15) is 5.75 Å². The van der Waals surface area contributed by atoms with E-state index in [0.29, 0.717) is 13.1 Å². The molecule has 2 aromatic rings. The molecule has 0 saturated carbocycles. The second kappa shape index (κ2) is 8.67. The third kappa shape index (κ3) is 5.61. The lowest BCUT2D eigenvalue weighted by molar-refractivity contribution is -0.137. The van der Waals surface area contributed by atoms with E-state index in [9.17, 15) is 4.79 Å². The number of carboxylic acids is 1. The first-order valence-electron chi connectivity index (χ1n) is 8.53. The first-order valence-corrected chi connectivity index (χ1v) is 8.53. The molecule has 2 rings (SSSR count). The van der Waals surface area contributed by atoms with Crippen molar-refractivity contribution in [2.45, 2.75) is 40.3 Å². The van der Waals surface area contributed by atoms with E-state index < -0.39 is 5.97 Å². The van der Waals surface area contributed by atoms with E-state index in [4.69, 9.17) is 9.84 Å². The highest BCUT2D eigenvalue weighted by Gasteiger charge is 2.13. The molecule has 0 radical (unpaired) electrons. The number of aliphatic carboxylic acids is 1. The molecule has 134 valence electrons. The fraction of sp³-hybridized carbons (Fsp3) is 0.381. The molecule has 0 heterocycles. The van der Waals surface area contributed by atoms with Crippen LogP contribution in [-0.2, 0) is 17.9 Å². The molecule has 1 N–H and O–H groups in total. The molecule has 0 fully saturated rings. The Kier molecular flexibility index (Phi) is 6.59. The molecule has 0 spiro atoms. The largest absolute Gasteiger partial charge is 0.497 e. The summed E-state index contributed by atoms with van der Waals surface area (Å²) in [6.07, 6.45) is 0.133. The van der Waals surface area contributed by atoms with Gasteiger partial charge in [0, 0.05) is 19.6 Å². The highest BCUT2D eigenvalue weighted by molar-refractivity contribution is 5.66. The van der Waals surface area contributed by atoms with Gasteiger partial charge in [-0.3, -0.25) is 9.69 Å². The summed E-state index contributed by atoms with van der Waals surface area (Å²) < 4.78 is 5.29. The van der Waals surface area contributed by atoms with Crippen LogP contribution >= 0.6 is 0 Å². The predicted molar refractivity (Wildman–Crippen MR) is 100 cm³/mol. The maximum Gasteiger partial charge on any atom is 0.304 e. The van der Waals surface area contributed by atoms with E-state index in [2.05, 4.69) is 37.8 Å². The molecule has 0 bridgehead atoms. The maximum absolute atomic E-state index is 11.0. The normalized spacial score (nSPS) is 10.9. The zero-order valence-corrected chi connectivity index (χ0v) is 15.5. The van der Waals surface area contributed by atoms with E-state index in [0.717, 1.165) is 17.9 Å². The summed E-state index contributed by atoms with van der Waals surface area (Å²) in [6.45, 7) is 8.29. The number of carbonyl (C=O) groups is 1. The fourth-order valence-electron chi connectivity index (χ4n) is 3.18. The third-order valence-electron chi connectivity index (χ3n) is 4.40. The molecule has 0 saturated heterocycles. The van der Waals surface area contributed by atoms with Crippen molar-refractivity contribution in [2.75, 3.05) is 13.7 Å². The standard InChI is InChI=1S/C21H27NO3/c1-15-10-16(2)20(17(3)11-15)14-22(9-8-21(23)24)13-18-6-5-7-19(12-18)25-4/h5-7,10-12H,8-9,13-14H2,1-4H3,(H,23,24). The van der Waals surface area contributed by atoms with E-state index >= 15 is 0 Å². The van der Waals surface area contributed by atoms with Crippen LogP contribution in [-0.4, -0.2) is 29.6 Å². The Labute approximate surface area is 150 Å². The van der Waals surface area contributed by atoms with E-state index in [1.54, 1.807) is 7.11 Å². The molecule has 0 unspecified atom stereocenters. The summed E-state index contributed by atoms with van der Waals surface area (Å²) in [5, 5.41) is 9.08. The minimum absolute atomic E-state index is 0.133. The second-order valence-electron chi connectivity index (χ2n) is 6.58. The highest BCUT2D eigenvalue weighted by Crippen LogP contribution is 2.21. The van der Waals surface area contributed by atoms with E-state index in [-0.39, 0.29) is 6.42 Å². The Balaban J connectivity index is 2.22. The van der Waals surface area contributed by atoms with Gasteiger partial charge >= 0.3 is 5.97 Å². The minimum atomic E-state index is -0.770. The van der Waals surface area contributed by atoms with Gasteiger partial charge in [0.2, 0.25) is 0 Å². The first-order chi connectivity index (χ1) is 11.9. The number of carboxylic acid groups (broad SMARTS) is 1. The van der Waals surface area contributed by atoms with Crippen LogP contribution in [0.25, 0.3) is 0 Å². The summed E-state index contributed by atoms with van der Waals surface area (Å²) in [5.74, 6) is 0.0476. The van der Waals surface area contributed by atoms with Gasteiger partial charge in [-0.15, -0.1) is 0 Å². The smallest absolute Gasteiger partial charge is 0.304 e. The van der Waals surface area contributed by atoms with Crippen molar-refractivity contribution in [3.05, 3.63) is 64.2 Å². The molecule has 0 aliphatic rings. The van der Waals surface area contributed by atoms with Crippen LogP contribution in [0.3, 0.4) is 0 Å². The quantitative estimate of drug-likeness (QED) is 0.785. The Hall–Kier alpha value is -2.33. The number of nitrogens with zero attached hydrogens (tertiary/aromatic N) is 1. The Morgan fingerprint density at radius 1 is 1.08 bits per heavy atom. The highest BCUT2D eigenvalue weighted by atomic mass is 16.5. The van der Waals surface area contributed by atoms with E-state index in [1.807, 2.05) is 24.3 Å². The number of benzene rings is 2. The average Bonchev–Trinajstić information content (AvgIpc) is 2.55. The van der Waals surface area contributed by atoms with Crippen LogP contribution in [0.5, 0.6) is 5.75 Å². The summed E-state index contributed by atoms with van der Waals surface area (Å²) in [7, 11) is 1.65. The second-order valence-corrected chi connectivity index (χ2v) is 6.58. The van der Waals surface area contributed by atoms with Gasteiger partial charge < -0.3 is 9.84 Å². The summed E-state index contributed by atoms with van der Waals surface area (Å²) >= 11 is 0. The molecule has 4 heteroatoms. The molecule has 2 aromatic carbocycles. The molecule has 4 nitrogen and oxygen atoms in total. The Morgan fingerprint density at radius 3 is 2.36 bits per heavy atom. The number of ether oxygens (including phenoxy) is 1. The number of methoxy groups -OCH3 is 1. The molecule has 25 heavy (non-hydrogen) atoms. The lowest BCUT2D eigenvalue weighted by Crippen LogP contribution is -2.26. The Morgan fingerprint density at radius 2 is 1.76 bits per heavy atom. The van der Waals surface area contributed by atoms with Gasteiger partial charge in [0.25, 0.3) is 0 Å². The minimum Gasteiger partial charge on any atom is -0.497 e. The predicted octanol–water partition coefficient (Wildman–Crippen LogP) is 4.10. The van der Waals surface area contributed by atoms with Crippen LogP contribution < -0.4 is 4.74 Å². The SMILES string of the molecule is COc1cccc(CN(CCC(=O)O)Cc2c(C)cc(C)cc2C)c1. The summed E-state index contributed by atoms with van der Waals surface area (Å²) in [4.78, 5) is 13.2. The van der Waals surface area contributed by atoms with Gasteiger partial charge in [0.15, 0.2) is 0 Å². The fourth-order valence-corrected chi connectivity index (χ4v) is 3.18. The lowest BCUT2D eigenvalue weighted by atomic mass is 9.99. The van der Waals surface area contributed by atoms with Crippen molar-refractivity contribution >= 4 is 5.97 Å². The van der Waals surface area contributed by atoms with Crippen molar-refractivity contribution in [3.8, 4) is 5.75 Å². The third-order valence-corrected chi connectivity index (χ3v) is 4.40. The van der Waals surface area contributed by atoms with Crippen LogP contribution in [0.4, 0.5) is 0 Å². The summed E-state index contributed by atoms with van der Waals surface area (Å²) in [6, 6.07) is 12.3. The molecule has 0 aliphatic heterocycles. The van der Waals surface area contributed by atoms with Crippen molar-refractivity contribution in [2.24, 2.45) is 0 Å². The van der Waals surface area contributed by atoms with Gasteiger partial charge in [-0.2, -0.15) is 0 Å². The topological polar surface area (TPSA) is 49.8 Å².